The maximum absolute atomic E-state index is 12.7. The normalized spacial score (nSPS) is 44.9. The van der Waals surface area contributed by atoms with E-state index in [2.05, 4.69) is 6.92 Å². The van der Waals surface area contributed by atoms with Crippen LogP contribution in [0.5, 0.6) is 0 Å². The van der Waals surface area contributed by atoms with Crippen molar-refractivity contribution >= 4 is 5.78 Å². The van der Waals surface area contributed by atoms with Crippen LogP contribution >= 0.6 is 0 Å². The molecular weight excluding hydrogens is 210 g/mol. The molecule has 1 atom stereocenters. The molecule has 0 saturated heterocycles. The zero-order valence-corrected chi connectivity index (χ0v) is 11.0. The van der Waals surface area contributed by atoms with Crippen molar-refractivity contribution in [2.45, 2.75) is 64.3 Å². The first-order valence-electron chi connectivity index (χ1n) is 7.43. The van der Waals surface area contributed by atoms with Crippen LogP contribution in [0.4, 0.5) is 0 Å². The van der Waals surface area contributed by atoms with Crippen molar-refractivity contribution in [1.82, 2.24) is 0 Å². The molecule has 0 spiro atoms. The Bertz CT molecular complexity index is 288. The van der Waals surface area contributed by atoms with E-state index in [0.29, 0.717) is 5.78 Å². The van der Waals surface area contributed by atoms with E-state index in [-0.39, 0.29) is 11.5 Å². The zero-order valence-electron chi connectivity index (χ0n) is 11.0. The maximum Gasteiger partial charge on any atom is 0.155 e. The molecule has 4 fully saturated rings. The predicted molar refractivity (Wildman–Crippen MR) is 68.5 cm³/mol. The van der Waals surface area contributed by atoms with E-state index >= 15 is 0 Å². The molecule has 0 aromatic carbocycles. The van der Waals surface area contributed by atoms with Gasteiger partial charge in [0, 0.05) is 5.41 Å². The van der Waals surface area contributed by atoms with Gasteiger partial charge in [-0.2, -0.15) is 0 Å². The highest BCUT2D eigenvalue weighted by Gasteiger charge is 2.54. The van der Waals surface area contributed by atoms with Crippen LogP contribution in [0, 0.1) is 23.2 Å². The van der Waals surface area contributed by atoms with Crippen LogP contribution in [-0.4, -0.2) is 11.8 Å². The first kappa shape index (κ1) is 11.7. The maximum atomic E-state index is 12.7. The van der Waals surface area contributed by atoms with E-state index in [1.807, 2.05) is 0 Å². The molecule has 4 saturated carbocycles. The first-order chi connectivity index (χ1) is 8.13. The van der Waals surface area contributed by atoms with Crippen LogP contribution in [0.2, 0.25) is 0 Å². The highest BCUT2D eigenvalue weighted by atomic mass is 16.1. The van der Waals surface area contributed by atoms with E-state index in [9.17, 15) is 4.79 Å². The summed E-state index contributed by atoms with van der Waals surface area (Å²) >= 11 is 0. The minimum atomic E-state index is -0.184. The molecule has 4 aliphatic rings. The van der Waals surface area contributed by atoms with Gasteiger partial charge in [-0.05, 0) is 62.7 Å². The lowest BCUT2D eigenvalue weighted by Gasteiger charge is -2.56. The lowest BCUT2D eigenvalue weighted by molar-refractivity contribution is -0.145. The molecule has 2 nitrogen and oxygen atoms in total. The van der Waals surface area contributed by atoms with Gasteiger partial charge in [0.15, 0.2) is 5.78 Å². The number of rotatable bonds is 4. The molecule has 17 heavy (non-hydrogen) atoms. The Kier molecular flexibility index (Phi) is 2.81. The largest absolute Gasteiger partial charge is 0.321 e. The number of ketones is 1. The fourth-order valence-corrected chi connectivity index (χ4v) is 5.25. The van der Waals surface area contributed by atoms with Crippen molar-refractivity contribution in [1.29, 1.82) is 0 Å². The molecule has 4 rings (SSSR count). The summed E-state index contributed by atoms with van der Waals surface area (Å²) in [7, 11) is 0. The summed E-state index contributed by atoms with van der Waals surface area (Å²) in [5.74, 6) is 2.95. The number of carbonyl (C=O) groups excluding carboxylic acids is 1. The Morgan fingerprint density at radius 3 is 2.06 bits per heavy atom. The van der Waals surface area contributed by atoms with Crippen molar-refractivity contribution in [3.8, 4) is 0 Å². The van der Waals surface area contributed by atoms with Gasteiger partial charge in [0.25, 0.3) is 0 Å². The first-order valence-corrected chi connectivity index (χ1v) is 7.43. The Balaban J connectivity index is 1.79. The third kappa shape index (κ3) is 1.85. The van der Waals surface area contributed by atoms with Crippen molar-refractivity contribution in [3.05, 3.63) is 0 Å². The van der Waals surface area contributed by atoms with Crippen LogP contribution in [0.3, 0.4) is 0 Å². The summed E-state index contributed by atoms with van der Waals surface area (Å²) in [6.07, 6.45) is 9.58. The lowest BCUT2D eigenvalue weighted by Crippen LogP contribution is -2.54. The topological polar surface area (TPSA) is 43.1 Å². The molecule has 0 aromatic rings. The summed E-state index contributed by atoms with van der Waals surface area (Å²) in [6, 6.07) is -0.184. The SMILES string of the molecule is CCCC(N)C(=O)C12CC3CC(CC(C3)C1)C2. The Hall–Kier alpha value is -0.370. The number of hydrogen-bond donors (Lipinski definition) is 1. The van der Waals surface area contributed by atoms with Crippen LogP contribution in [0.1, 0.15) is 58.3 Å². The van der Waals surface area contributed by atoms with Gasteiger partial charge in [-0.1, -0.05) is 13.3 Å². The smallest absolute Gasteiger partial charge is 0.155 e. The van der Waals surface area contributed by atoms with Crippen molar-refractivity contribution in [2.75, 3.05) is 0 Å². The molecule has 96 valence electrons. The second-order valence-electron chi connectivity index (χ2n) is 6.96. The molecular formula is C15H25NO. The fourth-order valence-electron chi connectivity index (χ4n) is 5.25. The van der Waals surface area contributed by atoms with Crippen LogP contribution < -0.4 is 5.73 Å². The summed E-state index contributed by atoms with van der Waals surface area (Å²) in [4.78, 5) is 12.7. The molecule has 1 unspecified atom stereocenters. The van der Waals surface area contributed by atoms with Gasteiger partial charge in [0.1, 0.15) is 0 Å². The molecule has 2 heteroatoms. The van der Waals surface area contributed by atoms with Crippen molar-refractivity contribution in [3.63, 3.8) is 0 Å². The Morgan fingerprint density at radius 1 is 1.18 bits per heavy atom. The van der Waals surface area contributed by atoms with Crippen LogP contribution in [0.25, 0.3) is 0 Å². The second kappa shape index (κ2) is 4.08. The number of hydrogen-bond acceptors (Lipinski definition) is 2. The standard InChI is InChI=1S/C15H25NO/c1-2-3-13(16)14(17)15-7-10-4-11(8-15)6-12(5-10)9-15/h10-13H,2-9,16H2,1H3. The summed E-state index contributed by atoms with van der Waals surface area (Å²) in [6.45, 7) is 2.12. The summed E-state index contributed by atoms with van der Waals surface area (Å²) in [5, 5.41) is 0. The van der Waals surface area contributed by atoms with E-state index in [1.165, 1.54) is 19.3 Å². The molecule has 0 amide bonds. The van der Waals surface area contributed by atoms with Crippen LogP contribution in [0.15, 0.2) is 0 Å². The number of nitrogens with two attached hydrogens (primary N) is 1. The number of Topliss-reactive ketones (excluding diaryl/α,β-unsaturated/α-hetero) is 1. The van der Waals surface area contributed by atoms with Crippen molar-refractivity contribution < 1.29 is 4.79 Å². The van der Waals surface area contributed by atoms with Gasteiger partial charge < -0.3 is 5.73 Å². The quantitative estimate of drug-likeness (QED) is 0.814. The van der Waals surface area contributed by atoms with E-state index < -0.39 is 0 Å². The minimum Gasteiger partial charge on any atom is -0.321 e. The van der Waals surface area contributed by atoms with E-state index in [4.69, 9.17) is 5.73 Å². The van der Waals surface area contributed by atoms with E-state index in [1.54, 1.807) is 0 Å². The fraction of sp³-hybridized carbons (Fsp3) is 0.933. The van der Waals surface area contributed by atoms with Gasteiger partial charge in [0.05, 0.1) is 6.04 Å². The lowest BCUT2D eigenvalue weighted by atomic mass is 9.48. The summed E-state index contributed by atoms with van der Waals surface area (Å²) in [5.41, 5.74) is 6.12. The average Bonchev–Trinajstić information content (AvgIpc) is 2.26. The third-order valence-corrected chi connectivity index (χ3v) is 5.50. The molecule has 0 radical (unpaired) electrons. The molecule has 0 aliphatic heterocycles. The average molecular weight is 235 g/mol. The van der Waals surface area contributed by atoms with Gasteiger partial charge in [-0.25, -0.2) is 0 Å². The Morgan fingerprint density at radius 2 is 1.65 bits per heavy atom. The molecule has 0 aromatic heterocycles. The predicted octanol–water partition coefficient (Wildman–Crippen LogP) is 2.90. The molecule has 0 heterocycles. The van der Waals surface area contributed by atoms with Gasteiger partial charge in [-0.15, -0.1) is 0 Å². The summed E-state index contributed by atoms with van der Waals surface area (Å²) < 4.78 is 0. The highest BCUT2D eigenvalue weighted by Crippen LogP contribution is 2.60. The zero-order chi connectivity index (χ0) is 12.0. The molecule has 2 N–H and O–H groups in total. The molecule has 4 aliphatic carbocycles. The van der Waals surface area contributed by atoms with Gasteiger partial charge >= 0.3 is 0 Å². The number of carbonyl (C=O) groups is 1. The highest BCUT2D eigenvalue weighted by molar-refractivity contribution is 5.90. The van der Waals surface area contributed by atoms with Crippen LogP contribution in [-0.2, 0) is 4.79 Å². The molecule has 4 bridgehead atoms. The van der Waals surface area contributed by atoms with Gasteiger partial charge in [-0.3, -0.25) is 4.79 Å². The van der Waals surface area contributed by atoms with Gasteiger partial charge in [0.2, 0.25) is 0 Å². The van der Waals surface area contributed by atoms with Crippen molar-refractivity contribution in [2.24, 2.45) is 28.9 Å². The Labute approximate surface area is 104 Å². The van der Waals surface area contributed by atoms with E-state index in [0.717, 1.165) is 49.9 Å². The second-order valence-corrected chi connectivity index (χ2v) is 6.96. The monoisotopic (exact) mass is 235 g/mol. The third-order valence-electron chi connectivity index (χ3n) is 5.50. The minimum absolute atomic E-state index is 0.0172.